The molecule has 156 valence electrons. The van der Waals surface area contributed by atoms with Crippen LogP contribution in [0.15, 0.2) is 64.0 Å². The number of amides is 2. The maximum absolute atomic E-state index is 12.7. The van der Waals surface area contributed by atoms with Crippen molar-refractivity contribution in [2.24, 2.45) is 5.73 Å². The van der Waals surface area contributed by atoms with Gasteiger partial charge in [0.1, 0.15) is 5.76 Å². The number of benzene rings is 1. The van der Waals surface area contributed by atoms with Crippen LogP contribution in [0.1, 0.15) is 44.1 Å². The smallest absolute Gasteiger partial charge is 0.278 e. The monoisotopic (exact) mass is 419 g/mol. The van der Waals surface area contributed by atoms with Gasteiger partial charge in [-0.1, -0.05) is 12.1 Å². The Labute approximate surface area is 175 Å². The average molecular weight is 419 g/mol. The summed E-state index contributed by atoms with van der Waals surface area (Å²) in [6.45, 7) is 1.71. The number of hydrogen-bond acceptors (Lipinski definition) is 7. The minimum Gasteiger partial charge on any atom is -0.456 e. The van der Waals surface area contributed by atoms with Gasteiger partial charge in [-0.3, -0.25) is 19.1 Å². The largest absolute Gasteiger partial charge is 0.456 e. The summed E-state index contributed by atoms with van der Waals surface area (Å²) in [5.74, 6) is -0.227. The van der Waals surface area contributed by atoms with Crippen LogP contribution in [-0.4, -0.2) is 32.4 Å². The molecule has 31 heavy (non-hydrogen) atoms. The number of anilines is 1. The molecule has 3 aromatic heterocycles. The zero-order valence-electron chi connectivity index (χ0n) is 16.4. The second-order valence-corrected chi connectivity index (χ2v) is 6.68. The molecular weight excluding hydrogens is 402 g/mol. The molecule has 0 radical (unpaired) electrons. The fourth-order valence-corrected chi connectivity index (χ4v) is 2.94. The molecule has 3 N–H and O–H groups in total. The van der Waals surface area contributed by atoms with Crippen LogP contribution >= 0.6 is 0 Å². The van der Waals surface area contributed by atoms with Crippen LogP contribution in [0.5, 0.6) is 0 Å². The number of carbonyl (C=O) groups excluding carboxylic acids is 3. The number of nitrogens with two attached hydrogens (primary N) is 1. The molecule has 0 bridgehead atoms. The van der Waals surface area contributed by atoms with Gasteiger partial charge in [0.2, 0.25) is 5.91 Å². The normalized spacial score (nSPS) is 10.7. The number of nitrogens with zero attached hydrogens (tertiary/aromatic N) is 3. The van der Waals surface area contributed by atoms with Crippen molar-refractivity contribution in [1.29, 1.82) is 0 Å². The van der Waals surface area contributed by atoms with Crippen LogP contribution in [0.4, 0.5) is 5.69 Å². The molecule has 0 fully saturated rings. The SMILES string of the molecule is CC(=O)c1ccc(Cn2cc(NC(=O)c3ncoc3-c3cccc(C(N)=O)c3)cn2)o1. The molecular formula is C21H17N5O5. The summed E-state index contributed by atoms with van der Waals surface area (Å²) in [5, 5.41) is 6.87. The maximum atomic E-state index is 12.7. The van der Waals surface area contributed by atoms with E-state index in [1.54, 1.807) is 41.2 Å². The molecule has 0 aliphatic rings. The van der Waals surface area contributed by atoms with Gasteiger partial charge in [0.25, 0.3) is 5.91 Å². The molecule has 4 rings (SSSR count). The predicted molar refractivity (Wildman–Crippen MR) is 108 cm³/mol. The first-order valence-corrected chi connectivity index (χ1v) is 9.18. The van der Waals surface area contributed by atoms with Crippen molar-refractivity contribution < 1.29 is 23.2 Å². The second-order valence-electron chi connectivity index (χ2n) is 6.68. The van der Waals surface area contributed by atoms with E-state index in [-0.39, 0.29) is 35.1 Å². The van der Waals surface area contributed by atoms with Gasteiger partial charge < -0.3 is 19.9 Å². The summed E-state index contributed by atoms with van der Waals surface area (Å²) in [4.78, 5) is 39.4. The average Bonchev–Trinajstić information content (AvgIpc) is 3.49. The Bertz CT molecular complexity index is 1280. The number of primary amides is 1. The Morgan fingerprint density at radius 2 is 2.03 bits per heavy atom. The predicted octanol–water partition coefficient (Wildman–Crippen LogP) is 2.73. The van der Waals surface area contributed by atoms with Crippen molar-refractivity contribution in [3.63, 3.8) is 0 Å². The summed E-state index contributed by atoms with van der Waals surface area (Å²) >= 11 is 0. The van der Waals surface area contributed by atoms with Crippen LogP contribution in [0, 0.1) is 0 Å². The number of Topliss-reactive ketones (excluding diaryl/α,β-unsaturated/α-hetero) is 1. The van der Waals surface area contributed by atoms with Gasteiger partial charge in [0.15, 0.2) is 29.4 Å². The molecule has 0 unspecified atom stereocenters. The standard InChI is InChI=1S/C21H17N5O5/c1-12(27)17-6-5-16(31-17)10-26-9-15(8-24-26)25-21(29)18-19(30-11-23-18)13-3-2-4-14(7-13)20(22)28/h2-9,11H,10H2,1H3,(H2,22,28)(H,25,29). The van der Waals surface area contributed by atoms with E-state index in [0.29, 0.717) is 17.0 Å². The lowest BCUT2D eigenvalue weighted by Crippen LogP contribution is -2.13. The third-order valence-corrected chi connectivity index (χ3v) is 4.41. The number of furan rings is 1. The van der Waals surface area contributed by atoms with Gasteiger partial charge in [-0.05, 0) is 24.3 Å². The van der Waals surface area contributed by atoms with Crippen LogP contribution in [-0.2, 0) is 6.54 Å². The summed E-state index contributed by atoms with van der Waals surface area (Å²) in [7, 11) is 0. The first-order valence-electron chi connectivity index (χ1n) is 9.18. The highest BCUT2D eigenvalue weighted by Crippen LogP contribution is 2.25. The number of oxazole rings is 1. The van der Waals surface area contributed by atoms with Gasteiger partial charge in [-0.2, -0.15) is 5.10 Å². The van der Waals surface area contributed by atoms with Gasteiger partial charge in [-0.15, -0.1) is 0 Å². The summed E-state index contributed by atoms with van der Waals surface area (Å²) < 4.78 is 12.4. The number of nitrogens with one attached hydrogen (secondary N) is 1. The first-order chi connectivity index (χ1) is 14.9. The Kier molecular flexibility index (Phi) is 5.19. The highest BCUT2D eigenvalue weighted by Gasteiger charge is 2.20. The molecule has 4 aromatic rings. The zero-order chi connectivity index (χ0) is 22.0. The lowest BCUT2D eigenvalue weighted by molar-refractivity contribution is 0.0981. The number of rotatable bonds is 7. The molecule has 0 atom stereocenters. The lowest BCUT2D eigenvalue weighted by atomic mass is 10.1. The zero-order valence-corrected chi connectivity index (χ0v) is 16.4. The number of aromatic nitrogens is 3. The van der Waals surface area contributed by atoms with Crippen molar-refractivity contribution in [2.75, 3.05) is 5.32 Å². The molecule has 1 aromatic carbocycles. The van der Waals surface area contributed by atoms with E-state index in [1.165, 1.54) is 19.2 Å². The second kappa shape index (κ2) is 8.11. The topological polar surface area (TPSA) is 146 Å². The minimum atomic E-state index is -0.591. The Morgan fingerprint density at radius 1 is 1.19 bits per heavy atom. The summed E-state index contributed by atoms with van der Waals surface area (Å²) in [6, 6.07) is 9.70. The summed E-state index contributed by atoms with van der Waals surface area (Å²) in [6.07, 6.45) is 4.23. The molecule has 0 aliphatic carbocycles. The fourth-order valence-electron chi connectivity index (χ4n) is 2.94. The van der Waals surface area contributed by atoms with E-state index in [9.17, 15) is 14.4 Å². The van der Waals surface area contributed by atoms with E-state index in [4.69, 9.17) is 14.6 Å². The van der Waals surface area contributed by atoms with Gasteiger partial charge in [0, 0.05) is 24.2 Å². The third-order valence-electron chi connectivity index (χ3n) is 4.41. The van der Waals surface area contributed by atoms with Crippen molar-refractivity contribution >= 4 is 23.3 Å². The molecule has 2 amide bonds. The van der Waals surface area contributed by atoms with Crippen molar-refractivity contribution in [2.45, 2.75) is 13.5 Å². The molecule has 0 saturated heterocycles. The molecule has 0 aliphatic heterocycles. The molecule has 3 heterocycles. The van der Waals surface area contributed by atoms with Crippen molar-refractivity contribution in [3.8, 4) is 11.3 Å². The van der Waals surface area contributed by atoms with Gasteiger partial charge >= 0.3 is 0 Å². The van der Waals surface area contributed by atoms with Crippen molar-refractivity contribution in [3.05, 3.63) is 78.0 Å². The Balaban J connectivity index is 1.49. The van der Waals surface area contributed by atoms with E-state index in [1.807, 2.05) is 0 Å². The molecule has 0 spiro atoms. The Hall–Kier alpha value is -4.47. The molecule has 10 nitrogen and oxygen atoms in total. The van der Waals surface area contributed by atoms with Crippen LogP contribution in [0.2, 0.25) is 0 Å². The minimum absolute atomic E-state index is 0.0477. The number of ketones is 1. The highest BCUT2D eigenvalue weighted by atomic mass is 16.4. The van der Waals surface area contributed by atoms with E-state index < -0.39 is 11.8 Å². The number of carbonyl (C=O) groups is 3. The van der Waals surface area contributed by atoms with Crippen LogP contribution in [0.3, 0.4) is 0 Å². The van der Waals surface area contributed by atoms with Crippen LogP contribution in [0.25, 0.3) is 11.3 Å². The van der Waals surface area contributed by atoms with E-state index in [0.717, 1.165) is 6.39 Å². The third kappa shape index (κ3) is 4.27. The number of hydrogen-bond donors (Lipinski definition) is 2. The van der Waals surface area contributed by atoms with Crippen LogP contribution < -0.4 is 11.1 Å². The highest BCUT2D eigenvalue weighted by molar-refractivity contribution is 6.06. The maximum Gasteiger partial charge on any atom is 0.278 e. The van der Waals surface area contributed by atoms with E-state index in [2.05, 4.69) is 15.4 Å². The fraction of sp³-hybridized carbons (Fsp3) is 0.0952. The summed E-state index contributed by atoms with van der Waals surface area (Å²) in [5.41, 5.74) is 6.57. The first kappa shape index (κ1) is 19.8. The van der Waals surface area contributed by atoms with Gasteiger partial charge in [-0.25, -0.2) is 4.98 Å². The molecule has 10 heteroatoms. The van der Waals surface area contributed by atoms with Gasteiger partial charge in [0.05, 0.1) is 18.4 Å². The quantitative estimate of drug-likeness (QED) is 0.438. The lowest BCUT2D eigenvalue weighted by Gasteiger charge is -2.03. The Morgan fingerprint density at radius 3 is 2.77 bits per heavy atom. The van der Waals surface area contributed by atoms with Crippen molar-refractivity contribution in [1.82, 2.24) is 14.8 Å². The van der Waals surface area contributed by atoms with E-state index >= 15 is 0 Å². The molecule has 0 saturated carbocycles.